The third-order valence-corrected chi connectivity index (χ3v) is 5.32. The Hall–Kier alpha value is -0.850. The van der Waals surface area contributed by atoms with Crippen molar-refractivity contribution in [2.24, 2.45) is 16.2 Å². The number of allylic oxidation sites excluding steroid dienone is 4. The van der Waals surface area contributed by atoms with Gasteiger partial charge < -0.3 is 0 Å². The normalized spacial score (nSPS) is 40.1. The van der Waals surface area contributed by atoms with Crippen molar-refractivity contribution in [2.75, 3.05) is 0 Å². The van der Waals surface area contributed by atoms with Crippen molar-refractivity contribution in [1.29, 1.82) is 0 Å². The zero-order valence-corrected chi connectivity index (χ0v) is 11.5. The van der Waals surface area contributed by atoms with E-state index in [1.807, 2.05) is 6.92 Å². The van der Waals surface area contributed by atoms with Gasteiger partial charge in [-0.3, -0.25) is 4.79 Å². The summed E-state index contributed by atoms with van der Waals surface area (Å²) in [6.07, 6.45) is 12.4. The molecule has 0 heterocycles. The van der Waals surface area contributed by atoms with Crippen LogP contribution in [0.1, 0.15) is 53.4 Å². The number of aldehydes is 1. The van der Waals surface area contributed by atoms with E-state index in [2.05, 4.69) is 32.9 Å². The van der Waals surface area contributed by atoms with E-state index >= 15 is 0 Å². The number of rotatable bonds is 3. The molecular weight excluding hydrogens is 208 g/mol. The second-order valence-corrected chi connectivity index (χ2v) is 6.83. The molecule has 0 aromatic carbocycles. The third-order valence-electron chi connectivity index (χ3n) is 5.32. The summed E-state index contributed by atoms with van der Waals surface area (Å²) in [5.41, 5.74) is 2.34. The Balaban J connectivity index is 2.25. The zero-order chi connectivity index (χ0) is 12.7. The van der Waals surface area contributed by atoms with Gasteiger partial charge in [0.15, 0.2) is 0 Å². The second-order valence-electron chi connectivity index (χ2n) is 6.83. The number of hydrogen-bond acceptors (Lipinski definition) is 1. The first kappa shape index (κ1) is 12.6. The lowest BCUT2D eigenvalue weighted by Crippen LogP contribution is -2.32. The van der Waals surface area contributed by atoms with Crippen LogP contribution in [0.15, 0.2) is 23.8 Å². The van der Waals surface area contributed by atoms with E-state index in [1.165, 1.54) is 25.7 Å². The van der Waals surface area contributed by atoms with Crippen molar-refractivity contribution in [3.8, 4) is 0 Å². The van der Waals surface area contributed by atoms with Crippen LogP contribution < -0.4 is 0 Å². The van der Waals surface area contributed by atoms with Crippen LogP contribution in [-0.4, -0.2) is 6.29 Å². The van der Waals surface area contributed by atoms with Crippen LogP contribution in [0.25, 0.3) is 0 Å². The van der Waals surface area contributed by atoms with Gasteiger partial charge in [-0.15, -0.1) is 0 Å². The first-order valence-corrected chi connectivity index (χ1v) is 6.68. The average molecular weight is 232 g/mol. The SMILES string of the molecule is CC(C=CC12CC1(C)CCCC2(C)C)=CC=O. The molecule has 0 amide bonds. The van der Waals surface area contributed by atoms with Gasteiger partial charge in [0, 0.05) is 0 Å². The predicted molar refractivity (Wildman–Crippen MR) is 71.8 cm³/mol. The Morgan fingerprint density at radius 1 is 1.18 bits per heavy atom. The minimum atomic E-state index is 0.371. The van der Waals surface area contributed by atoms with Crippen LogP contribution in [0.2, 0.25) is 0 Å². The van der Waals surface area contributed by atoms with Gasteiger partial charge in [-0.2, -0.15) is 0 Å². The van der Waals surface area contributed by atoms with Gasteiger partial charge in [-0.1, -0.05) is 39.3 Å². The fourth-order valence-corrected chi connectivity index (χ4v) is 4.00. The highest BCUT2D eigenvalue weighted by Gasteiger charge is 2.69. The van der Waals surface area contributed by atoms with Gasteiger partial charge in [-0.05, 0) is 54.1 Å². The van der Waals surface area contributed by atoms with E-state index in [4.69, 9.17) is 0 Å². The average Bonchev–Trinajstić information content (AvgIpc) is 2.84. The highest BCUT2D eigenvalue weighted by molar-refractivity contribution is 5.67. The van der Waals surface area contributed by atoms with Crippen molar-refractivity contribution in [1.82, 2.24) is 0 Å². The molecule has 2 aliphatic rings. The van der Waals surface area contributed by atoms with Crippen molar-refractivity contribution in [3.63, 3.8) is 0 Å². The molecule has 2 fully saturated rings. The fourth-order valence-electron chi connectivity index (χ4n) is 4.00. The maximum Gasteiger partial charge on any atom is 0.143 e. The molecule has 2 aliphatic carbocycles. The Bertz CT molecular complexity index is 388. The van der Waals surface area contributed by atoms with Gasteiger partial charge in [0.05, 0.1) is 0 Å². The lowest BCUT2D eigenvalue weighted by atomic mass is 9.63. The Labute approximate surface area is 105 Å². The molecule has 0 aliphatic heterocycles. The first-order chi connectivity index (χ1) is 7.87. The smallest absolute Gasteiger partial charge is 0.143 e. The zero-order valence-electron chi connectivity index (χ0n) is 11.5. The van der Waals surface area contributed by atoms with Gasteiger partial charge in [0.25, 0.3) is 0 Å². The van der Waals surface area contributed by atoms with Crippen LogP contribution in [0, 0.1) is 16.2 Å². The summed E-state index contributed by atoms with van der Waals surface area (Å²) in [6, 6.07) is 0. The van der Waals surface area contributed by atoms with Crippen LogP contribution in [-0.2, 0) is 4.79 Å². The molecule has 2 rings (SSSR count). The minimum absolute atomic E-state index is 0.371. The Morgan fingerprint density at radius 2 is 1.88 bits per heavy atom. The number of carbonyl (C=O) groups is 1. The fraction of sp³-hybridized carbons (Fsp3) is 0.688. The monoisotopic (exact) mass is 232 g/mol. The van der Waals surface area contributed by atoms with Gasteiger partial charge in [0.1, 0.15) is 6.29 Å². The summed E-state index contributed by atoms with van der Waals surface area (Å²) in [6.45, 7) is 9.23. The quantitative estimate of drug-likeness (QED) is 0.403. The van der Waals surface area contributed by atoms with E-state index in [0.717, 1.165) is 11.9 Å². The van der Waals surface area contributed by atoms with Gasteiger partial charge in [0.2, 0.25) is 0 Å². The number of carbonyl (C=O) groups excluding carboxylic acids is 1. The van der Waals surface area contributed by atoms with Crippen LogP contribution in [0.3, 0.4) is 0 Å². The molecule has 0 radical (unpaired) electrons. The Morgan fingerprint density at radius 3 is 2.47 bits per heavy atom. The highest BCUT2D eigenvalue weighted by Crippen LogP contribution is 2.78. The van der Waals surface area contributed by atoms with E-state index < -0.39 is 0 Å². The van der Waals surface area contributed by atoms with Crippen molar-refractivity contribution >= 4 is 6.29 Å². The van der Waals surface area contributed by atoms with E-state index in [9.17, 15) is 4.79 Å². The number of fused-ring (bicyclic) bond motifs is 1. The lowest BCUT2D eigenvalue weighted by molar-refractivity contribution is -0.104. The molecule has 0 aromatic heterocycles. The minimum Gasteiger partial charge on any atom is -0.299 e. The molecular formula is C16H24O. The summed E-state index contributed by atoms with van der Waals surface area (Å²) < 4.78 is 0. The molecule has 0 spiro atoms. The van der Waals surface area contributed by atoms with Crippen LogP contribution >= 0.6 is 0 Å². The van der Waals surface area contributed by atoms with Crippen molar-refractivity contribution in [2.45, 2.75) is 53.4 Å². The van der Waals surface area contributed by atoms with Crippen molar-refractivity contribution < 1.29 is 4.79 Å². The van der Waals surface area contributed by atoms with E-state index in [1.54, 1.807) is 6.08 Å². The molecule has 94 valence electrons. The molecule has 1 nitrogen and oxygen atoms in total. The topological polar surface area (TPSA) is 17.1 Å². The lowest BCUT2D eigenvalue weighted by Gasteiger charge is -2.41. The highest BCUT2D eigenvalue weighted by atomic mass is 16.1. The Kier molecular flexibility index (Phi) is 2.84. The third kappa shape index (κ3) is 1.80. The molecule has 0 bridgehead atoms. The van der Waals surface area contributed by atoms with Crippen LogP contribution in [0.4, 0.5) is 0 Å². The summed E-state index contributed by atoms with van der Waals surface area (Å²) in [4.78, 5) is 10.4. The summed E-state index contributed by atoms with van der Waals surface area (Å²) in [7, 11) is 0. The molecule has 2 atom stereocenters. The summed E-state index contributed by atoms with van der Waals surface area (Å²) >= 11 is 0. The number of hydrogen-bond donors (Lipinski definition) is 0. The summed E-state index contributed by atoms with van der Waals surface area (Å²) in [5, 5.41) is 0. The molecule has 0 N–H and O–H groups in total. The predicted octanol–water partition coefficient (Wildman–Crippen LogP) is 4.29. The molecule has 1 heteroatoms. The standard InChI is InChI=1S/C16H24O/c1-13(7-11-17)6-10-16-12-15(16,4)9-5-8-14(16,2)3/h6-7,10-11H,5,8-9,12H2,1-4H3. The van der Waals surface area contributed by atoms with E-state index in [0.29, 0.717) is 16.2 Å². The second kappa shape index (κ2) is 3.83. The van der Waals surface area contributed by atoms with Gasteiger partial charge in [-0.25, -0.2) is 0 Å². The van der Waals surface area contributed by atoms with Crippen LogP contribution in [0.5, 0.6) is 0 Å². The van der Waals surface area contributed by atoms with Crippen molar-refractivity contribution in [3.05, 3.63) is 23.8 Å². The molecule has 2 saturated carbocycles. The molecule has 17 heavy (non-hydrogen) atoms. The largest absolute Gasteiger partial charge is 0.299 e. The first-order valence-electron chi connectivity index (χ1n) is 6.68. The molecule has 0 aromatic rings. The maximum atomic E-state index is 10.4. The molecule has 0 saturated heterocycles. The maximum absolute atomic E-state index is 10.4. The molecule has 2 unspecified atom stereocenters. The summed E-state index contributed by atoms with van der Waals surface area (Å²) in [5.74, 6) is 0. The van der Waals surface area contributed by atoms with Gasteiger partial charge >= 0.3 is 0 Å². The van der Waals surface area contributed by atoms with E-state index in [-0.39, 0.29) is 0 Å².